The van der Waals surface area contributed by atoms with Gasteiger partial charge in [0.05, 0.1) is 10.7 Å². The third-order valence-electron chi connectivity index (χ3n) is 2.88. The Morgan fingerprint density at radius 2 is 2.14 bits per heavy atom. The number of thiazole rings is 1. The SMILES string of the molecule is O=C(O)c1cc(-c2csc(-c3ccc(Cl)c(Br)c3)n2)c[nH]1. The highest BCUT2D eigenvalue weighted by atomic mass is 79.9. The first-order valence-electron chi connectivity index (χ1n) is 5.87. The monoisotopic (exact) mass is 382 g/mol. The molecule has 1 aromatic carbocycles. The van der Waals surface area contributed by atoms with E-state index in [2.05, 4.69) is 25.9 Å². The van der Waals surface area contributed by atoms with Gasteiger partial charge >= 0.3 is 5.97 Å². The molecule has 2 aromatic heterocycles. The van der Waals surface area contributed by atoms with Gasteiger partial charge in [0.2, 0.25) is 0 Å². The highest BCUT2D eigenvalue weighted by molar-refractivity contribution is 9.10. The molecule has 0 aliphatic rings. The van der Waals surface area contributed by atoms with Gasteiger partial charge in [0.15, 0.2) is 0 Å². The lowest BCUT2D eigenvalue weighted by Gasteiger charge is -1.99. The number of hydrogen-bond acceptors (Lipinski definition) is 3. The van der Waals surface area contributed by atoms with Gasteiger partial charge in [0.1, 0.15) is 10.7 Å². The van der Waals surface area contributed by atoms with E-state index in [1.54, 1.807) is 18.3 Å². The molecule has 7 heteroatoms. The lowest BCUT2D eigenvalue weighted by atomic mass is 10.2. The molecule has 2 N–H and O–H groups in total. The number of nitrogens with one attached hydrogen (secondary N) is 1. The summed E-state index contributed by atoms with van der Waals surface area (Å²) >= 11 is 10.9. The number of carbonyl (C=O) groups is 1. The topological polar surface area (TPSA) is 66.0 Å². The minimum Gasteiger partial charge on any atom is -0.477 e. The van der Waals surface area contributed by atoms with Gasteiger partial charge in [-0.15, -0.1) is 11.3 Å². The maximum Gasteiger partial charge on any atom is 0.352 e. The molecule has 0 saturated carbocycles. The second-order valence-corrected chi connectivity index (χ2v) is 6.39. The van der Waals surface area contributed by atoms with E-state index in [1.807, 2.05) is 17.5 Å². The Labute approximate surface area is 137 Å². The fraction of sp³-hybridized carbons (Fsp3) is 0. The van der Waals surface area contributed by atoms with E-state index in [1.165, 1.54) is 11.3 Å². The quantitative estimate of drug-likeness (QED) is 0.674. The van der Waals surface area contributed by atoms with E-state index in [-0.39, 0.29) is 5.69 Å². The Hall–Kier alpha value is -1.63. The molecule has 3 aromatic rings. The van der Waals surface area contributed by atoms with Crippen LogP contribution in [0.25, 0.3) is 21.8 Å². The molecular weight excluding hydrogens is 376 g/mol. The molecule has 0 radical (unpaired) electrons. The summed E-state index contributed by atoms with van der Waals surface area (Å²) in [5.41, 5.74) is 2.60. The van der Waals surface area contributed by atoms with Gasteiger partial charge in [-0.1, -0.05) is 17.7 Å². The summed E-state index contributed by atoms with van der Waals surface area (Å²) in [4.78, 5) is 18.1. The Kier molecular flexibility index (Phi) is 3.84. The Balaban J connectivity index is 1.95. The van der Waals surface area contributed by atoms with Gasteiger partial charge in [-0.2, -0.15) is 0 Å². The molecule has 0 aliphatic heterocycles. The maximum atomic E-state index is 10.9. The molecule has 0 aliphatic carbocycles. The third-order valence-corrected chi connectivity index (χ3v) is 4.99. The van der Waals surface area contributed by atoms with Crippen LogP contribution in [0.4, 0.5) is 0 Å². The summed E-state index contributed by atoms with van der Waals surface area (Å²) in [7, 11) is 0. The summed E-state index contributed by atoms with van der Waals surface area (Å²) < 4.78 is 0.813. The zero-order chi connectivity index (χ0) is 15.0. The molecule has 106 valence electrons. The maximum absolute atomic E-state index is 10.9. The number of benzene rings is 1. The summed E-state index contributed by atoms with van der Waals surface area (Å²) in [6.45, 7) is 0. The summed E-state index contributed by atoms with van der Waals surface area (Å²) in [6.07, 6.45) is 1.64. The van der Waals surface area contributed by atoms with E-state index in [4.69, 9.17) is 16.7 Å². The van der Waals surface area contributed by atoms with Crippen molar-refractivity contribution in [2.75, 3.05) is 0 Å². The van der Waals surface area contributed by atoms with Crippen LogP contribution in [0.5, 0.6) is 0 Å². The van der Waals surface area contributed by atoms with Crippen LogP contribution in [-0.2, 0) is 0 Å². The fourth-order valence-corrected chi connectivity index (χ4v) is 3.16. The summed E-state index contributed by atoms with van der Waals surface area (Å²) in [5, 5.41) is 12.3. The third kappa shape index (κ3) is 2.88. The van der Waals surface area contributed by atoms with Crippen molar-refractivity contribution in [2.45, 2.75) is 0 Å². The van der Waals surface area contributed by atoms with Gasteiger partial charge in [-0.3, -0.25) is 0 Å². The van der Waals surface area contributed by atoms with Crippen LogP contribution < -0.4 is 0 Å². The molecule has 0 spiro atoms. The Morgan fingerprint density at radius 1 is 1.33 bits per heavy atom. The highest BCUT2D eigenvalue weighted by Gasteiger charge is 2.12. The van der Waals surface area contributed by atoms with E-state index < -0.39 is 5.97 Å². The van der Waals surface area contributed by atoms with E-state index in [0.717, 1.165) is 26.3 Å². The minimum atomic E-state index is -0.988. The number of carboxylic acids is 1. The second-order valence-electron chi connectivity index (χ2n) is 4.27. The van der Waals surface area contributed by atoms with Crippen LogP contribution in [0.15, 0.2) is 40.3 Å². The highest BCUT2D eigenvalue weighted by Crippen LogP contribution is 2.32. The van der Waals surface area contributed by atoms with E-state index >= 15 is 0 Å². The van der Waals surface area contributed by atoms with Crippen molar-refractivity contribution < 1.29 is 9.90 Å². The van der Waals surface area contributed by atoms with Crippen LogP contribution in [-0.4, -0.2) is 21.0 Å². The van der Waals surface area contributed by atoms with E-state index in [9.17, 15) is 4.79 Å². The fourth-order valence-electron chi connectivity index (χ4n) is 1.83. The molecule has 0 bridgehead atoms. The predicted molar refractivity (Wildman–Crippen MR) is 87.0 cm³/mol. The standard InChI is InChI=1S/C14H8BrClN2O2S/c15-9-3-7(1-2-10(9)16)13-18-12(6-21-13)8-4-11(14(19)20)17-5-8/h1-6,17H,(H,19,20). The molecule has 3 rings (SSSR count). The number of nitrogens with zero attached hydrogens (tertiary/aromatic N) is 1. The first-order chi connectivity index (χ1) is 10.0. The second kappa shape index (κ2) is 5.63. The van der Waals surface area contributed by atoms with Crippen LogP contribution in [0.2, 0.25) is 5.02 Å². The molecule has 0 saturated heterocycles. The number of rotatable bonds is 3. The summed E-state index contributed by atoms with van der Waals surface area (Å²) in [6, 6.07) is 7.18. The molecule has 0 unspecified atom stereocenters. The van der Waals surface area contributed by atoms with Crippen LogP contribution >= 0.6 is 38.9 Å². The van der Waals surface area contributed by atoms with Crippen molar-refractivity contribution >= 4 is 44.8 Å². The molecule has 2 heterocycles. The van der Waals surface area contributed by atoms with Crippen molar-refractivity contribution in [1.29, 1.82) is 0 Å². The smallest absolute Gasteiger partial charge is 0.352 e. The number of aromatic nitrogens is 2. The number of H-pyrrole nitrogens is 1. The number of carboxylic acid groups (broad SMARTS) is 1. The summed E-state index contributed by atoms with van der Waals surface area (Å²) in [5.74, 6) is -0.988. The van der Waals surface area contributed by atoms with Gasteiger partial charge in [-0.25, -0.2) is 9.78 Å². The normalized spacial score (nSPS) is 10.8. The molecule has 0 atom stereocenters. The number of aromatic carboxylic acids is 1. The molecule has 4 nitrogen and oxygen atoms in total. The average Bonchev–Trinajstić information content (AvgIpc) is 3.09. The molecular formula is C14H8BrClN2O2S. The average molecular weight is 384 g/mol. The van der Waals surface area contributed by atoms with Gasteiger partial charge < -0.3 is 10.1 Å². The lowest BCUT2D eigenvalue weighted by Crippen LogP contribution is -1.94. The molecule has 21 heavy (non-hydrogen) atoms. The first kappa shape index (κ1) is 14.3. The van der Waals surface area contributed by atoms with Crippen LogP contribution in [0.1, 0.15) is 10.5 Å². The van der Waals surface area contributed by atoms with Crippen LogP contribution in [0, 0.1) is 0 Å². The Bertz CT molecular complexity index is 828. The van der Waals surface area contributed by atoms with Gasteiger partial charge in [0.25, 0.3) is 0 Å². The minimum absolute atomic E-state index is 0.147. The van der Waals surface area contributed by atoms with E-state index in [0.29, 0.717) is 5.02 Å². The number of hydrogen-bond donors (Lipinski definition) is 2. The largest absolute Gasteiger partial charge is 0.477 e. The van der Waals surface area contributed by atoms with Crippen molar-refractivity contribution in [1.82, 2.24) is 9.97 Å². The number of halogens is 2. The van der Waals surface area contributed by atoms with Crippen molar-refractivity contribution in [3.63, 3.8) is 0 Å². The zero-order valence-electron chi connectivity index (χ0n) is 10.4. The van der Waals surface area contributed by atoms with Crippen LogP contribution in [0.3, 0.4) is 0 Å². The zero-order valence-corrected chi connectivity index (χ0v) is 13.6. The molecule has 0 fully saturated rings. The van der Waals surface area contributed by atoms with Crippen molar-refractivity contribution in [2.24, 2.45) is 0 Å². The number of aromatic amines is 1. The first-order valence-corrected chi connectivity index (χ1v) is 7.92. The van der Waals surface area contributed by atoms with Gasteiger partial charge in [0, 0.05) is 27.2 Å². The molecule has 0 amide bonds. The van der Waals surface area contributed by atoms with Crippen molar-refractivity contribution in [3.8, 4) is 21.8 Å². The predicted octanol–water partition coefficient (Wildman–Crippen LogP) is 4.92. The lowest BCUT2D eigenvalue weighted by molar-refractivity contribution is 0.0691. The van der Waals surface area contributed by atoms with Crippen molar-refractivity contribution in [3.05, 3.63) is 51.0 Å². The Morgan fingerprint density at radius 3 is 2.81 bits per heavy atom. The van der Waals surface area contributed by atoms with Gasteiger partial charge in [-0.05, 0) is 34.1 Å².